The zero-order chi connectivity index (χ0) is 51.3. The monoisotopic (exact) mass is 988 g/mol. The van der Waals surface area contributed by atoms with Gasteiger partial charge in [-0.1, -0.05) is 194 Å². The van der Waals surface area contributed by atoms with E-state index in [1.165, 1.54) is 77.8 Å². The van der Waals surface area contributed by atoms with Gasteiger partial charge in [-0.2, -0.15) is 0 Å². The standard InChI is InChI=1S/C73H56N4/c1-73(77(63-31-19-25-57(49-63)53-22-8-3-9-23-53)64-41-43-72-68(51-64)66-33-15-17-35-70(66)76(72)59-28-12-5-13-29-59)46-44-55(45-47-73)54-36-38-60(39-37-54)74(61-30-18-24-56(48-61)52-20-6-2-7-21-52)62-40-42-71-67(50-62)65-32-14-16-34-69(65)75(71)58-26-10-4-11-27-58/h2-46,48-51,66,70H,47H2,1H3. The molecule has 368 valence electrons. The lowest BCUT2D eigenvalue weighted by molar-refractivity contribution is 0.571. The van der Waals surface area contributed by atoms with Crippen LogP contribution < -0.4 is 14.7 Å². The number of hydrogen-bond donors (Lipinski definition) is 0. The summed E-state index contributed by atoms with van der Waals surface area (Å²) in [5, 5.41) is 2.44. The van der Waals surface area contributed by atoms with Crippen LogP contribution in [0, 0.1) is 0 Å². The van der Waals surface area contributed by atoms with Crippen LogP contribution in [-0.2, 0) is 0 Å². The van der Waals surface area contributed by atoms with Gasteiger partial charge in [0.25, 0.3) is 0 Å². The van der Waals surface area contributed by atoms with Crippen molar-refractivity contribution in [2.75, 3.05) is 14.7 Å². The van der Waals surface area contributed by atoms with Crippen LogP contribution in [0.5, 0.6) is 0 Å². The highest BCUT2D eigenvalue weighted by Gasteiger charge is 2.39. The van der Waals surface area contributed by atoms with Crippen molar-refractivity contribution in [3.8, 4) is 27.9 Å². The van der Waals surface area contributed by atoms with Gasteiger partial charge in [-0.05, 0) is 155 Å². The Kier molecular flexibility index (Phi) is 11.5. The van der Waals surface area contributed by atoms with Gasteiger partial charge in [0.05, 0.1) is 22.6 Å². The molecular formula is C73H56N4. The van der Waals surface area contributed by atoms with Crippen LogP contribution in [0.25, 0.3) is 55.3 Å². The lowest BCUT2D eigenvalue weighted by Gasteiger charge is -2.42. The summed E-state index contributed by atoms with van der Waals surface area (Å²) in [6.07, 6.45) is 17.2. The fraction of sp³-hybridized carbons (Fsp3) is 0.0685. The van der Waals surface area contributed by atoms with Gasteiger partial charge in [0.2, 0.25) is 0 Å². The lowest BCUT2D eigenvalue weighted by atomic mass is 9.85. The summed E-state index contributed by atoms with van der Waals surface area (Å²) in [4.78, 5) is 7.49. The summed E-state index contributed by atoms with van der Waals surface area (Å²) in [6, 6.07) is 93.2. The maximum absolute atomic E-state index is 2.57. The summed E-state index contributed by atoms with van der Waals surface area (Å²) >= 11 is 0. The zero-order valence-corrected chi connectivity index (χ0v) is 42.9. The number of allylic oxidation sites excluding steroid dienone is 4. The summed E-state index contributed by atoms with van der Waals surface area (Å²) < 4.78 is 2.38. The number of rotatable bonds is 11. The molecule has 10 aromatic carbocycles. The van der Waals surface area contributed by atoms with E-state index in [1.54, 1.807) is 0 Å². The van der Waals surface area contributed by atoms with E-state index in [1.807, 2.05) is 0 Å². The first-order valence-corrected chi connectivity index (χ1v) is 26.9. The van der Waals surface area contributed by atoms with Crippen molar-refractivity contribution in [1.29, 1.82) is 0 Å². The van der Waals surface area contributed by atoms with Crippen molar-refractivity contribution in [3.05, 3.63) is 308 Å². The van der Waals surface area contributed by atoms with E-state index in [2.05, 4.69) is 324 Å². The first-order valence-electron chi connectivity index (χ1n) is 26.9. The molecule has 1 aromatic heterocycles. The van der Waals surface area contributed by atoms with Crippen molar-refractivity contribution >= 4 is 67.2 Å². The molecule has 2 aliphatic carbocycles. The van der Waals surface area contributed by atoms with E-state index in [0.717, 1.165) is 34.9 Å². The molecular weight excluding hydrogens is 933 g/mol. The topological polar surface area (TPSA) is 14.7 Å². The fourth-order valence-corrected chi connectivity index (χ4v) is 12.3. The van der Waals surface area contributed by atoms with E-state index in [4.69, 9.17) is 0 Å². The van der Waals surface area contributed by atoms with E-state index in [-0.39, 0.29) is 17.5 Å². The molecule has 1 aliphatic heterocycles. The molecule has 0 spiro atoms. The number of anilines is 7. The van der Waals surface area contributed by atoms with Crippen LogP contribution in [-0.4, -0.2) is 16.1 Å². The maximum Gasteiger partial charge on any atom is 0.0643 e. The minimum absolute atomic E-state index is 0.216. The second-order valence-corrected chi connectivity index (χ2v) is 20.7. The Hall–Kier alpha value is -9.64. The Morgan fingerprint density at radius 2 is 0.987 bits per heavy atom. The largest absolute Gasteiger partial charge is 0.333 e. The summed E-state index contributed by atoms with van der Waals surface area (Å²) in [7, 11) is 0. The molecule has 11 aromatic rings. The highest BCUT2D eigenvalue weighted by Crippen LogP contribution is 2.51. The van der Waals surface area contributed by atoms with E-state index in [0.29, 0.717) is 0 Å². The number of aromatic nitrogens is 1. The van der Waals surface area contributed by atoms with Crippen LogP contribution in [0.2, 0.25) is 0 Å². The molecule has 3 atom stereocenters. The molecule has 0 amide bonds. The Morgan fingerprint density at radius 3 is 1.69 bits per heavy atom. The average molecular weight is 989 g/mol. The van der Waals surface area contributed by atoms with Gasteiger partial charge in [-0.25, -0.2) is 0 Å². The average Bonchev–Trinajstić information content (AvgIpc) is 4.01. The van der Waals surface area contributed by atoms with Gasteiger partial charge in [0, 0.05) is 62.2 Å². The molecule has 3 unspecified atom stereocenters. The molecule has 77 heavy (non-hydrogen) atoms. The second kappa shape index (κ2) is 19.2. The van der Waals surface area contributed by atoms with Gasteiger partial charge in [-0.15, -0.1) is 0 Å². The summed E-state index contributed by atoms with van der Waals surface area (Å²) in [5.41, 5.74) is 19.8. The fourth-order valence-electron chi connectivity index (χ4n) is 12.3. The first-order chi connectivity index (χ1) is 38.0. The lowest BCUT2D eigenvalue weighted by Crippen LogP contribution is -2.42. The van der Waals surface area contributed by atoms with E-state index >= 15 is 0 Å². The molecule has 0 bridgehead atoms. The highest BCUT2D eigenvalue weighted by atomic mass is 15.2. The third-order valence-corrected chi connectivity index (χ3v) is 16.0. The van der Waals surface area contributed by atoms with Crippen molar-refractivity contribution in [3.63, 3.8) is 0 Å². The molecule has 4 heteroatoms. The van der Waals surface area contributed by atoms with Crippen LogP contribution >= 0.6 is 0 Å². The molecule has 0 N–H and O–H groups in total. The first kappa shape index (κ1) is 45.9. The number of para-hydroxylation sites is 3. The van der Waals surface area contributed by atoms with Crippen molar-refractivity contribution in [1.82, 2.24) is 4.57 Å². The highest BCUT2D eigenvalue weighted by molar-refractivity contribution is 6.10. The Bertz CT molecular complexity index is 4100. The predicted octanol–water partition coefficient (Wildman–Crippen LogP) is 19.3. The minimum atomic E-state index is -0.380. The molecule has 0 fully saturated rings. The Morgan fingerprint density at radius 1 is 0.429 bits per heavy atom. The van der Waals surface area contributed by atoms with E-state index < -0.39 is 0 Å². The van der Waals surface area contributed by atoms with Gasteiger partial charge in [0.1, 0.15) is 0 Å². The third-order valence-electron chi connectivity index (χ3n) is 16.0. The number of benzene rings is 10. The van der Waals surface area contributed by atoms with E-state index in [9.17, 15) is 0 Å². The number of nitrogens with zero attached hydrogens (tertiary/aromatic N) is 4. The van der Waals surface area contributed by atoms with Crippen LogP contribution in [0.4, 0.5) is 39.8 Å². The summed E-state index contributed by atoms with van der Waals surface area (Å²) in [5.74, 6) is 0.241. The predicted molar refractivity (Wildman–Crippen MR) is 325 cm³/mol. The van der Waals surface area contributed by atoms with Crippen LogP contribution in [0.3, 0.4) is 0 Å². The van der Waals surface area contributed by atoms with Gasteiger partial charge in [-0.3, -0.25) is 0 Å². The van der Waals surface area contributed by atoms with Gasteiger partial charge < -0.3 is 19.3 Å². The van der Waals surface area contributed by atoms with Crippen molar-refractivity contribution in [2.45, 2.75) is 30.8 Å². The molecule has 4 nitrogen and oxygen atoms in total. The quantitative estimate of drug-likeness (QED) is 0.128. The van der Waals surface area contributed by atoms with Crippen LogP contribution in [0.15, 0.2) is 297 Å². The van der Waals surface area contributed by atoms with Gasteiger partial charge in [0.15, 0.2) is 0 Å². The Balaban J connectivity index is 0.831. The van der Waals surface area contributed by atoms with Gasteiger partial charge >= 0.3 is 0 Å². The molecule has 0 radical (unpaired) electrons. The molecule has 0 saturated carbocycles. The molecule has 3 aliphatic rings. The smallest absolute Gasteiger partial charge is 0.0643 e. The van der Waals surface area contributed by atoms with Crippen molar-refractivity contribution in [2.24, 2.45) is 0 Å². The second-order valence-electron chi connectivity index (χ2n) is 20.7. The maximum atomic E-state index is 2.57. The van der Waals surface area contributed by atoms with Crippen LogP contribution in [0.1, 0.15) is 30.4 Å². The normalized spacial score (nSPS) is 17.3. The number of hydrogen-bond acceptors (Lipinski definition) is 3. The van der Waals surface area contributed by atoms with Crippen molar-refractivity contribution < 1.29 is 0 Å². The Labute approximate surface area is 451 Å². The molecule has 2 heterocycles. The third kappa shape index (κ3) is 8.27. The summed E-state index contributed by atoms with van der Waals surface area (Å²) in [6.45, 7) is 2.39. The molecule has 0 saturated heterocycles. The number of fused-ring (bicyclic) bond motifs is 6. The molecule has 14 rings (SSSR count). The zero-order valence-electron chi connectivity index (χ0n) is 42.9. The minimum Gasteiger partial charge on any atom is -0.333 e. The SMILES string of the molecule is CC1(N(c2cccc(-c3ccccc3)c2)c2ccc3c(c2)C2C=CC=CC2N3c2ccccc2)C=CC(c2ccc(N(c3cccc(-c4ccccc4)c3)c3ccc4c(c3)c3ccccc3n4-c3ccccc3)cc2)=CC1.